The number of allylic oxidation sites excluding steroid dienone is 1. The zero-order valence-corrected chi connectivity index (χ0v) is 19.2. The van der Waals surface area contributed by atoms with Crippen LogP contribution < -0.4 is 0 Å². The molecule has 0 spiro atoms. The number of carbonyl (C=O) groups is 3. The van der Waals surface area contributed by atoms with Gasteiger partial charge in [-0.2, -0.15) is 0 Å². The summed E-state index contributed by atoms with van der Waals surface area (Å²) in [6.45, 7) is 10.9. The van der Waals surface area contributed by atoms with Gasteiger partial charge < -0.3 is 19.7 Å². The number of carboxylic acid groups (broad SMARTS) is 1. The van der Waals surface area contributed by atoms with Crippen molar-refractivity contribution in [2.45, 2.75) is 83.5 Å². The van der Waals surface area contributed by atoms with Crippen LogP contribution in [0.4, 0.5) is 0 Å². The summed E-state index contributed by atoms with van der Waals surface area (Å²) in [5.41, 5.74) is 0.529. The number of aliphatic hydroxyl groups is 1. The predicted octanol–water partition coefficient (Wildman–Crippen LogP) is 3.20. The number of carbonyl (C=O) groups excluding carboxylic acids is 2. The molecule has 0 amide bonds. The molecule has 32 heavy (non-hydrogen) atoms. The standard InChI is InChI=1S/C25H34O7/c1-14-6-7-17-23(2,3)8-5-9-24(17,4)16(14)12-25-18(27)10-15(13-26)21(22(25)32-25)31-20(30)11-19(28)29/h10,16-17,21-22,26H,1,5-9,11-13H2,2-4H3,(H,28,29)/t16-,17-,21+,22+,24+,25-/m0/s1. The third kappa shape index (κ3) is 3.63. The molecule has 7 nitrogen and oxygen atoms in total. The van der Waals surface area contributed by atoms with Crippen LogP contribution in [0.3, 0.4) is 0 Å². The quantitative estimate of drug-likeness (QED) is 0.279. The van der Waals surface area contributed by atoms with E-state index in [9.17, 15) is 19.5 Å². The molecule has 176 valence electrons. The molecule has 0 aromatic rings. The highest BCUT2D eigenvalue weighted by molar-refractivity contribution is 6.02. The van der Waals surface area contributed by atoms with E-state index in [0.717, 1.165) is 31.3 Å². The van der Waals surface area contributed by atoms with E-state index in [1.165, 1.54) is 12.5 Å². The van der Waals surface area contributed by atoms with Crippen molar-refractivity contribution in [2.75, 3.05) is 6.61 Å². The van der Waals surface area contributed by atoms with Gasteiger partial charge in [0, 0.05) is 5.57 Å². The molecule has 2 N–H and O–H groups in total. The van der Waals surface area contributed by atoms with Crippen molar-refractivity contribution in [3.63, 3.8) is 0 Å². The van der Waals surface area contributed by atoms with E-state index < -0.39 is 42.8 Å². The van der Waals surface area contributed by atoms with Gasteiger partial charge in [-0.25, -0.2) is 0 Å². The molecule has 3 aliphatic carbocycles. The van der Waals surface area contributed by atoms with Crippen LogP contribution in [0.25, 0.3) is 0 Å². The van der Waals surface area contributed by atoms with Crippen LogP contribution >= 0.6 is 0 Å². The lowest BCUT2D eigenvalue weighted by Crippen LogP contribution is -2.51. The molecule has 7 heteroatoms. The van der Waals surface area contributed by atoms with Gasteiger partial charge in [-0.15, -0.1) is 0 Å². The van der Waals surface area contributed by atoms with Gasteiger partial charge in [-0.3, -0.25) is 14.4 Å². The molecule has 2 saturated carbocycles. The monoisotopic (exact) mass is 446 g/mol. The Kier molecular flexibility index (Phi) is 5.65. The summed E-state index contributed by atoms with van der Waals surface area (Å²) in [5, 5.41) is 18.6. The van der Waals surface area contributed by atoms with Crippen molar-refractivity contribution in [2.24, 2.45) is 22.7 Å². The molecule has 0 bridgehead atoms. The van der Waals surface area contributed by atoms with E-state index in [-0.39, 0.29) is 28.1 Å². The number of hydrogen-bond donors (Lipinski definition) is 2. The zero-order valence-electron chi connectivity index (χ0n) is 19.2. The van der Waals surface area contributed by atoms with Crippen molar-refractivity contribution in [1.82, 2.24) is 0 Å². The summed E-state index contributed by atoms with van der Waals surface area (Å²) in [4.78, 5) is 36.0. The highest BCUT2D eigenvalue weighted by atomic mass is 16.7. The number of aliphatic hydroxyl groups excluding tert-OH is 1. The topological polar surface area (TPSA) is 113 Å². The lowest BCUT2D eigenvalue weighted by molar-refractivity contribution is -0.155. The Morgan fingerprint density at radius 2 is 2.00 bits per heavy atom. The minimum Gasteiger partial charge on any atom is -0.481 e. The van der Waals surface area contributed by atoms with Gasteiger partial charge in [-0.1, -0.05) is 39.3 Å². The number of epoxide rings is 1. The predicted molar refractivity (Wildman–Crippen MR) is 116 cm³/mol. The van der Waals surface area contributed by atoms with Gasteiger partial charge in [0.25, 0.3) is 0 Å². The number of carboxylic acids is 1. The maximum atomic E-state index is 13.1. The molecule has 0 aromatic carbocycles. The first-order chi connectivity index (χ1) is 14.9. The van der Waals surface area contributed by atoms with Crippen LogP contribution in [-0.2, 0) is 23.9 Å². The summed E-state index contributed by atoms with van der Waals surface area (Å²) in [7, 11) is 0. The first-order valence-electron chi connectivity index (χ1n) is 11.6. The van der Waals surface area contributed by atoms with E-state index in [1.807, 2.05) is 0 Å². The molecular weight excluding hydrogens is 412 g/mol. The van der Waals surface area contributed by atoms with Crippen LogP contribution in [0.2, 0.25) is 0 Å². The van der Waals surface area contributed by atoms with Crippen LogP contribution in [0.5, 0.6) is 0 Å². The minimum absolute atomic E-state index is 0.0130. The van der Waals surface area contributed by atoms with Crippen LogP contribution in [0.1, 0.15) is 65.7 Å². The molecule has 0 unspecified atom stereocenters. The number of esters is 1. The average Bonchev–Trinajstić information content (AvgIpc) is 3.42. The maximum Gasteiger partial charge on any atom is 0.317 e. The SMILES string of the molecule is C=C1CC[C@H]2C(C)(C)CCC[C@]2(C)[C@H]1C[C@@]12O[C@@H]1[C@H](OC(=O)CC(=O)O)C(CO)=CC2=O. The van der Waals surface area contributed by atoms with E-state index in [2.05, 4.69) is 27.4 Å². The fraction of sp³-hybridized carbons (Fsp3) is 0.720. The Labute approximate surface area is 188 Å². The molecule has 3 fully saturated rings. The van der Waals surface area contributed by atoms with E-state index >= 15 is 0 Å². The third-order valence-electron chi connectivity index (χ3n) is 8.68. The maximum absolute atomic E-state index is 13.1. The zero-order chi connectivity index (χ0) is 23.5. The molecular formula is C25H34O7. The normalized spacial score (nSPS) is 40.1. The number of ketones is 1. The Morgan fingerprint density at radius 1 is 1.28 bits per heavy atom. The van der Waals surface area contributed by atoms with Gasteiger partial charge in [0.15, 0.2) is 17.5 Å². The summed E-state index contributed by atoms with van der Waals surface area (Å²) in [6.07, 6.45) is 4.80. The highest BCUT2D eigenvalue weighted by Gasteiger charge is 2.70. The lowest BCUT2D eigenvalue weighted by atomic mass is 9.46. The first-order valence-corrected chi connectivity index (χ1v) is 11.6. The number of hydrogen-bond acceptors (Lipinski definition) is 6. The van der Waals surface area contributed by atoms with Crippen molar-refractivity contribution < 1.29 is 34.1 Å². The van der Waals surface area contributed by atoms with Crippen molar-refractivity contribution in [3.05, 3.63) is 23.8 Å². The van der Waals surface area contributed by atoms with Crippen molar-refractivity contribution in [1.29, 1.82) is 0 Å². The molecule has 1 saturated heterocycles. The summed E-state index contributed by atoms with van der Waals surface area (Å²) in [6, 6.07) is 0. The Balaban J connectivity index is 1.60. The Bertz CT molecular complexity index is 887. The molecule has 1 heterocycles. The Hall–Kier alpha value is -1.99. The highest BCUT2D eigenvalue weighted by Crippen LogP contribution is 2.64. The van der Waals surface area contributed by atoms with Crippen LogP contribution in [0.15, 0.2) is 23.8 Å². The fourth-order valence-electron chi connectivity index (χ4n) is 7.06. The van der Waals surface area contributed by atoms with Gasteiger partial charge in [0.1, 0.15) is 12.5 Å². The lowest BCUT2D eigenvalue weighted by Gasteiger charge is -2.58. The second-order valence-corrected chi connectivity index (χ2v) is 11.0. The third-order valence-corrected chi connectivity index (χ3v) is 8.68. The largest absolute Gasteiger partial charge is 0.481 e. The molecule has 1 aliphatic heterocycles. The van der Waals surface area contributed by atoms with Gasteiger partial charge >= 0.3 is 11.9 Å². The fourth-order valence-corrected chi connectivity index (χ4v) is 7.06. The Morgan fingerprint density at radius 3 is 2.66 bits per heavy atom. The molecule has 4 aliphatic rings. The summed E-state index contributed by atoms with van der Waals surface area (Å²) in [5.74, 6) is -1.79. The van der Waals surface area contributed by atoms with Gasteiger partial charge in [0.2, 0.25) is 0 Å². The van der Waals surface area contributed by atoms with E-state index in [4.69, 9.17) is 14.6 Å². The number of ether oxygens (including phenoxy) is 2. The number of fused-ring (bicyclic) bond motifs is 2. The number of rotatable bonds is 6. The van der Waals surface area contributed by atoms with Gasteiger partial charge in [0.05, 0.1) is 6.61 Å². The minimum atomic E-state index is -1.29. The molecule has 0 aromatic heterocycles. The van der Waals surface area contributed by atoms with E-state index in [0.29, 0.717) is 12.3 Å². The second kappa shape index (κ2) is 7.80. The number of aliphatic carboxylic acids is 1. The van der Waals surface area contributed by atoms with Crippen LogP contribution in [-0.4, -0.2) is 52.4 Å². The van der Waals surface area contributed by atoms with E-state index in [1.54, 1.807) is 0 Å². The summed E-state index contributed by atoms with van der Waals surface area (Å²) < 4.78 is 11.3. The summed E-state index contributed by atoms with van der Waals surface area (Å²) >= 11 is 0. The second-order valence-electron chi connectivity index (χ2n) is 11.0. The van der Waals surface area contributed by atoms with Crippen molar-refractivity contribution >= 4 is 17.7 Å². The first kappa shape index (κ1) is 23.2. The smallest absolute Gasteiger partial charge is 0.317 e. The van der Waals surface area contributed by atoms with Crippen LogP contribution in [0, 0.1) is 22.7 Å². The molecule has 4 rings (SSSR count). The van der Waals surface area contributed by atoms with Crippen molar-refractivity contribution in [3.8, 4) is 0 Å². The average molecular weight is 447 g/mol. The van der Waals surface area contributed by atoms with Gasteiger partial charge in [-0.05, 0) is 60.8 Å². The molecule has 6 atom stereocenters. The molecule has 0 radical (unpaired) electrons.